The number of thioether (sulfide) groups is 1. The third-order valence-electron chi connectivity index (χ3n) is 5.22. The topological polar surface area (TPSA) is 89.3 Å². The van der Waals surface area contributed by atoms with Crippen LogP contribution in [-0.4, -0.2) is 58.1 Å². The minimum atomic E-state index is -3.08. The lowest BCUT2D eigenvalue weighted by Gasteiger charge is -2.33. The lowest BCUT2D eigenvalue weighted by atomic mass is 10.1. The van der Waals surface area contributed by atoms with Crippen LogP contribution in [0, 0.1) is 0 Å². The number of rotatable bonds is 6. The van der Waals surface area contributed by atoms with Gasteiger partial charge in [-0.05, 0) is 31.9 Å². The van der Waals surface area contributed by atoms with Crippen LogP contribution in [0.4, 0.5) is 0 Å². The molecule has 7 nitrogen and oxygen atoms in total. The van der Waals surface area contributed by atoms with E-state index >= 15 is 0 Å². The maximum Gasteiger partial charge on any atom is 0.261 e. The van der Waals surface area contributed by atoms with Crippen molar-refractivity contribution in [2.45, 2.75) is 43.9 Å². The summed E-state index contributed by atoms with van der Waals surface area (Å²) in [4.78, 5) is 31.7. The van der Waals surface area contributed by atoms with Gasteiger partial charge in [0.1, 0.15) is 0 Å². The number of hydrogen-bond donors (Lipinski definition) is 0. The number of hydrogen-bond acceptors (Lipinski definition) is 6. The van der Waals surface area contributed by atoms with Gasteiger partial charge in [0, 0.05) is 19.1 Å². The van der Waals surface area contributed by atoms with Crippen LogP contribution in [0.25, 0.3) is 10.9 Å². The molecule has 2 aromatic rings. The zero-order valence-corrected chi connectivity index (χ0v) is 17.9. The Balaban J connectivity index is 1.80. The number of nitrogens with zero attached hydrogens (tertiary/aromatic N) is 3. The van der Waals surface area contributed by atoms with Crippen molar-refractivity contribution in [1.82, 2.24) is 14.5 Å². The van der Waals surface area contributed by atoms with Gasteiger partial charge in [-0.15, -0.1) is 0 Å². The average molecular weight is 424 g/mol. The minimum Gasteiger partial charge on any atom is -0.335 e. The van der Waals surface area contributed by atoms with Gasteiger partial charge in [0.25, 0.3) is 5.56 Å². The Hall–Kier alpha value is -1.87. The van der Waals surface area contributed by atoms with Gasteiger partial charge in [-0.2, -0.15) is 0 Å². The second-order valence-corrected chi connectivity index (χ2v) is 10.4. The molecule has 2 heterocycles. The molecule has 1 aliphatic heterocycles. The molecule has 1 saturated heterocycles. The number of fused-ring (bicyclic) bond motifs is 1. The number of aromatic nitrogens is 2. The van der Waals surface area contributed by atoms with Gasteiger partial charge in [-0.3, -0.25) is 14.2 Å². The summed E-state index contributed by atoms with van der Waals surface area (Å²) in [6.45, 7) is 3.92. The number of carbonyl (C=O) groups excluding carboxylic acids is 1. The van der Waals surface area contributed by atoms with Crippen LogP contribution in [0.3, 0.4) is 0 Å². The third-order valence-corrected chi connectivity index (χ3v) is 7.99. The lowest BCUT2D eigenvalue weighted by molar-refractivity contribution is -0.132. The monoisotopic (exact) mass is 423 g/mol. The summed E-state index contributed by atoms with van der Waals surface area (Å²) in [6, 6.07) is 6.80. The molecule has 28 heavy (non-hydrogen) atoms. The Morgan fingerprint density at radius 2 is 2.11 bits per heavy atom. The maximum atomic E-state index is 13.0. The average Bonchev–Trinajstić information content (AvgIpc) is 3.02. The molecule has 1 fully saturated rings. The SMILES string of the molecule is CC[C@H](C)N(C(=O)CSc1nc2ccccc2c(=O)n1C)[C@H]1CCS(=O)(=O)C1. The quantitative estimate of drug-likeness (QED) is 0.520. The predicted molar refractivity (Wildman–Crippen MR) is 111 cm³/mol. The van der Waals surface area contributed by atoms with E-state index in [0.29, 0.717) is 22.5 Å². The van der Waals surface area contributed by atoms with Crippen LogP contribution < -0.4 is 5.56 Å². The number of amides is 1. The number of para-hydroxylation sites is 1. The van der Waals surface area contributed by atoms with Gasteiger partial charge < -0.3 is 4.90 Å². The molecule has 1 amide bonds. The first-order chi connectivity index (χ1) is 13.2. The molecule has 0 saturated carbocycles. The van der Waals surface area contributed by atoms with E-state index in [1.807, 2.05) is 19.9 Å². The number of sulfone groups is 1. The van der Waals surface area contributed by atoms with Gasteiger partial charge in [0.05, 0.1) is 28.2 Å². The van der Waals surface area contributed by atoms with Gasteiger partial charge in [-0.1, -0.05) is 30.8 Å². The molecule has 0 aliphatic carbocycles. The fraction of sp³-hybridized carbons (Fsp3) is 0.526. The highest BCUT2D eigenvalue weighted by Crippen LogP contribution is 2.24. The first-order valence-corrected chi connectivity index (χ1v) is 12.1. The molecule has 1 aromatic carbocycles. The second-order valence-electron chi connectivity index (χ2n) is 7.18. The van der Waals surface area contributed by atoms with Gasteiger partial charge in [0.15, 0.2) is 15.0 Å². The molecule has 0 bridgehead atoms. The van der Waals surface area contributed by atoms with Crippen molar-refractivity contribution < 1.29 is 13.2 Å². The van der Waals surface area contributed by atoms with E-state index in [1.165, 1.54) is 16.3 Å². The van der Waals surface area contributed by atoms with E-state index in [-0.39, 0.29) is 40.8 Å². The molecule has 2 atom stereocenters. The van der Waals surface area contributed by atoms with Crippen molar-refractivity contribution >= 4 is 38.4 Å². The Labute approximate surface area is 169 Å². The lowest BCUT2D eigenvalue weighted by Crippen LogP contribution is -2.47. The fourth-order valence-electron chi connectivity index (χ4n) is 3.53. The molecule has 3 rings (SSSR count). The van der Waals surface area contributed by atoms with Crippen molar-refractivity contribution in [3.63, 3.8) is 0 Å². The summed E-state index contributed by atoms with van der Waals surface area (Å²) in [5, 5.41) is 1.01. The summed E-state index contributed by atoms with van der Waals surface area (Å²) >= 11 is 1.21. The van der Waals surface area contributed by atoms with Crippen molar-refractivity contribution in [1.29, 1.82) is 0 Å². The summed E-state index contributed by atoms with van der Waals surface area (Å²) in [7, 11) is -1.43. The van der Waals surface area contributed by atoms with E-state index in [9.17, 15) is 18.0 Å². The van der Waals surface area contributed by atoms with Crippen molar-refractivity contribution in [3.8, 4) is 0 Å². The van der Waals surface area contributed by atoms with Crippen LogP contribution in [0.1, 0.15) is 26.7 Å². The number of carbonyl (C=O) groups is 1. The van der Waals surface area contributed by atoms with E-state index in [0.717, 1.165) is 6.42 Å². The normalized spacial score (nSPS) is 19.6. The summed E-state index contributed by atoms with van der Waals surface area (Å²) < 4.78 is 25.2. The molecular formula is C19H25N3O4S2. The smallest absolute Gasteiger partial charge is 0.261 e. The predicted octanol–water partition coefficient (Wildman–Crippen LogP) is 1.84. The minimum absolute atomic E-state index is 0.0282. The van der Waals surface area contributed by atoms with Crippen LogP contribution in [0.15, 0.2) is 34.2 Å². The summed E-state index contributed by atoms with van der Waals surface area (Å²) in [5.41, 5.74) is 0.447. The summed E-state index contributed by atoms with van der Waals surface area (Å²) in [5.74, 6) is 0.148. The van der Waals surface area contributed by atoms with Crippen LogP contribution in [0.2, 0.25) is 0 Å². The van der Waals surface area contributed by atoms with Crippen LogP contribution in [-0.2, 0) is 21.7 Å². The molecule has 1 aromatic heterocycles. The Morgan fingerprint density at radius 1 is 1.39 bits per heavy atom. The zero-order valence-electron chi connectivity index (χ0n) is 16.3. The molecule has 1 aliphatic rings. The molecular weight excluding hydrogens is 398 g/mol. The van der Waals surface area contributed by atoms with Crippen LogP contribution in [0.5, 0.6) is 0 Å². The summed E-state index contributed by atoms with van der Waals surface area (Å²) in [6.07, 6.45) is 1.23. The van der Waals surface area contributed by atoms with Crippen molar-refractivity contribution in [2.75, 3.05) is 17.3 Å². The Bertz CT molecular complexity index is 1050. The molecule has 9 heteroatoms. The number of benzene rings is 1. The van der Waals surface area contributed by atoms with E-state index < -0.39 is 9.84 Å². The third kappa shape index (κ3) is 4.25. The van der Waals surface area contributed by atoms with Gasteiger partial charge >= 0.3 is 0 Å². The van der Waals surface area contributed by atoms with Crippen molar-refractivity contribution in [3.05, 3.63) is 34.6 Å². The highest BCUT2D eigenvalue weighted by Gasteiger charge is 2.36. The Kier molecular flexibility index (Phi) is 6.14. The first kappa shape index (κ1) is 20.9. The molecule has 0 N–H and O–H groups in total. The standard InChI is InChI=1S/C19H25N3O4S2/c1-4-13(2)22(14-9-10-28(25,26)12-14)17(23)11-27-19-20-16-8-6-5-7-15(16)18(24)21(19)3/h5-8,13-14H,4,9-12H2,1-3H3/t13-,14-/m0/s1. The zero-order chi connectivity index (χ0) is 20.5. The molecule has 0 spiro atoms. The van der Waals surface area contributed by atoms with Crippen molar-refractivity contribution in [2.24, 2.45) is 7.05 Å². The van der Waals surface area contributed by atoms with Crippen LogP contribution >= 0.6 is 11.8 Å². The van der Waals surface area contributed by atoms with Gasteiger partial charge in [-0.25, -0.2) is 13.4 Å². The first-order valence-electron chi connectivity index (χ1n) is 9.33. The van der Waals surface area contributed by atoms with E-state index in [4.69, 9.17) is 0 Å². The second kappa shape index (κ2) is 8.24. The highest BCUT2D eigenvalue weighted by atomic mass is 32.2. The molecule has 152 valence electrons. The Morgan fingerprint density at radius 3 is 2.75 bits per heavy atom. The van der Waals surface area contributed by atoms with Gasteiger partial charge in [0.2, 0.25) is 5.91 Å². The van der Waals surface area contributed by atoms with E-state index in [1.54, 1.807) is 30.1 Å². The molecule has 0 radical (unpaired) electrons. The largest absolute Gasteiger partial charge is 0.335 e. The maximum absolute atomic E-state index is 13.0. The van der Waals surface area contributed by atoms with E-state index in [2.05, 4.69) is 4.98 Å². The highest BCUT2D eigenvalue weighted by molar-refractivity contribution is 7.99. The fourth-order valence-corrected chi connectivity index (χ4v) is 6.08. The molecule has 0 unspecified atom stereocenters.